The minimum atomic E-state index is -0.0795. The van der Waals surface area contributed by atoms with Gasteiger partial charge < -0.3 is 4.74 Å². The van der Waals surface area contributed by atoms with Gasteiger partial charge in [-0.05, 0) is 30.7 Å². The molecule has 0 N–H and O–H groups in total. The highest BCUT2D eigenvalue weighted by Gasteiger charge is 2.13. The lowest BCUT2D eigenvalue weighted by molar-refractivity contribution is -0.141. The Bertz CT molecular complexity index is 332. The van der Waals surface area contributed by atoms with Gasteiger partial charge in [-0.15, -0.1) is 0 Å². The monoisotopic (exact) mass is 248 g/mol. The van der Waals surface area contributed by atoms with E-state index in [9.17, 15) is 4.79 Å². The van der Waals surface area contributed by atoms with Gasteiger partial charge in [0.15, 0.2) is 0 Å². The van der Waals surface area contributed by atoms with E-state index in [0.717, 1.165) is 19.3 Å². The molecule has 0 amide bonds. The Hall–Kier alpha value is -1.31. The lowest BCUT2D eigenvalue weighted by Crippen LogP contribution is -2.11. The number of hydrogen-bond donors (Lipinski definition) is 0. The zero-order chi connectivity index (χ0) is 13.2. The molecule has 0 saturated carbocycles. The molecule has 0 heterocycles. The van der Waals surface area contributed by atoms with Gasteiger partial charge in [0.05, 0.1) is 7.11 Å². The SMILES string of the molecule is CCCC[C@H](CCc1ccccc1)CC(=O)OC. The number of carbonyl (C=O) groups is 1. The van der Waals surface area contributed by atoms with Crippen molar-refractivity contribution in [2.24, 2.45) is 5.92 Å². The van der Waals surface area contributed by atoms with Crippen LogP contribution in [0.1, 0.15) is 44.6 Å². The van der Waals surface area contributed by atoms with Gasteiger partial charge in [0, 0.05) is 6.42 Å². The number of esters is 1. The molecule has 1 rings (SSSR count). The summed E-state index contributed by atoms with van der Waals surface area (Å²) in [6.45, 7) is 2.19. The first kappa shape index (κ1) is 14.7. The molecule has 0 aromatic heterocycles. The molecule has 0 spiro atoms. The average molecular weight is 248 g/mol. The number of methoxy groups -OCH3 is 1. The molecule has 0 fully saturated rings. The van der Waals surface area contributed by atoms with Crippen LogP contribution in [-0.2, 0) is 16.0 Å². The van der Waals surface area contributed by atoms with Crippen LogP contribution in [0.3, 0.4) is 0 Å². The second kappa shape index (κ2) is 8.73. The molecule has 0 radical (unpaired) electrons. The molecule has 0 aliphatic rings. The average Bonchev–Trinajstić information content (AvgIpc) is 2.42. The van der Waals surface area contributed by atoms with Crippen molar-refractivity contribution in [1.82, 2.24) is 0 Å². The molecular formula is C16H24O2. The van der Waals surface area contributed by atoms with E-state index in [-0.39, 0.29) is 5.97 Å². The maximum Gasteiger partial charge on any atom is 0.305 e. The largest absolute Gasteiger partial charge is 0.469 e. The summed E-state index contributed by atoms with van der Waals surface area (Å²) in [6, 6.07) is 10.5. The Balaban J connectivity index is 2.42. The smallest absolute Gasteiger partial charge is 0.305 e. The van der Waals surface area contributed by atoms with Crippen LogP contribution >= 0.6 is 0 Å². The summed E-state index contributed by atoms with van der Waals surface area (Å²) in [5.41, 5.74) is 1.35. The maximum atomic E-state index is 11.4. The lowest BCUT2D eigenvalue weighted by Gasteiger charge is -2.15. The van der Waals surface area contributed by atoms with E-state index >= 15 is 0 Å². The van der Waals surface area contributed by atoms with Crippen LogP contribution in [0.15, 0.2) is 30.3 Å². The van der Waals surface area contributed by atoms with E-state index in [1.807, 2.05) is 6.07 Å². The molecule has 1 aromatic carbocycles. The standard InChI is InChI=1S/C16H24O2/c1-3-4-8-15(13-16(17)18-2)12-11-14-9-6-5-7-10-14/h5-7,9-10,15H,3-4,8,11-13H2,1-2H3/t15-/m1/s1. The number of carbonyl (C=O) groups excluding carboxylic acids is 1. The van der Waals surface area contributed by atoms with Gasteiger partial charge in [0.25, 0.3) is 0 Å². The Morgan fingerprint density at radius 3 is 2.56 bits per heavy atom. The molecule has 1 atom stereocenters. The Morgan fingerprint density at radius 1 is 1.22 bits per heavy atom. The molecule has 18 heavy (non-hydrogen) atoms. The van der Waals surface area contributed by atoms with E-state index in [0.29, 0.717) is 12.3 Å². The normalized spacial score (nSPS) is 12.1. The fraction of sp³-hybridized carbons (Fsp3) is 0.562. The molecule has 1 aromatic rings. The second-order valence-corrected chi connectivity index (χ2v) is 4.81. The maximum absolute atomic E-state index is 11.4. The Kier molecular flexibility index (Phi) is 7.16. The number of aryl methyl sites for hydroxylation is 1. The van der Waals surface area contributed by atoms with E-state index in [2.05, 4.69) is 31.2 Å². The first-order chi connectivity index (χ1) is 8.76. The number of benzene rings is 1. The fourth-order valence-electron chi connectivity index (χ4n) is 2.18. The van der Waals surface area contributed by atoms with Crippen molar-refractivity contribution >= 4 is 5.97 Å². The number of ether oxygens (including phenoxy) is 1. The molecule has 0 aliphatic carbocycles. The third kappa shape index (κ3) is 5.85. The molecule has 0 aliphatic heterocycles. The van der Waals surface area contributed by atoms with Gasteiger partial charge in [0.2, 0.25) is 0 Å². The summed E-state index contributed by atoms with van der Waals surface area (Å²) < 4.78 is 4.77. The van der Waals surface area contributed by atoms with Gasteiger partial charge in [0.1, 0.15) is 0 Å². The second-order valence-electron chi connectivity index (χ2n) is 4.81. The van der Waals surface area contributed by atoms with Crippen molar-refractivity contribution in [1.29, 1.82) is 0 Å². The summed E-state index contributed by atoms with van der Waals surface area (Å²) in [4.78, 5) is 11.4. The zero-order valence-electron chi connectivity index (χ0n) is 11.5. The summed E-state index contributed by atoms with van der Waals surface area (Å²) in [6.07, 6.45) is 6.17. The van der Waals surface area contributed by atoms with Gasteiger partial charge in [-0.25, -0.2) is 0 Å². The number of hydrogen-bond acceptors (Lipinski definition) is 2. The minimum Gasteiger partial charge on any atom is -0.469 e. The predicted molar refractivity (Wildman–Crippen MR) is 74.4 cm³/mol. The molecule has 0 bridgehead atoms. The van der Waals surface area contributed by atoms with Gasteiger partial charge in [-0.3, -0.25) is 4.79 Å². The molecule has 0 unspecified atom stereocenters. The van der Waals surface area contributed by atoms with E-state index < -0.39 is 0 Å². The van der Waals surface area contributed by atoms with Crippen LogP contribution in [0, 0.1) is 5.92 Å². The molecule has 2 nitrogen and oxygen atoms in total. The Morgan fingerprint density at radius 2 is 1.94 bits per heavy atom. The van der Waals surface area contributed by atoms with E-state index in [1.165, 1.54) is 25.5 Å². The van der Waals surface area contributed by atoms with Gasteiger partial charge in [-0.1, -0.05) is 50.1 Å². The molecule has 0 saturated heterocycles. The highest BCUT2D eigenvalue weighted by molar-refractivity contribution is 5.69. The quantitative estimate of drug-likeness (QED) is 0.650. The van der Waals surface area contributed by atoms with Crippen LogP contribution in [0.25, 0.3) is 0 Å². The van der Waals surface area contributed by atoms with E-state index in [4.69, 9.17) is 4.74 Å². The van der Waals surface area contributed by atoms with E-state index in [1.54, 1.807) is 0 Å². The highest BCUT2D eigenvalue weighted by atomic mass is 16.5. The van der Waals surface area contributed by atoms with Crippen LogP contribution in [0.5, 0.6) is 0 Å². The minimum absolute atomic E-state index is 0.0795. The first-order valence-electron chi connectivity index (χ1n) is 6.87. The van der Waals surface area contributed by atoms with Crippen molar-refractivity contribution in [2.45, 2.75) is 45.4 Å². The Labute approximate surface area is 110 Å². The highest BCUT2D eigenvalue weighted by Crippen LogP contribution is 2.20. The van der Waals surface area contributed by atoms with Crippen LogP contribution < -0.4 is 0 Å². The molecule has 100 valence electrons. The van der Waals surface area contributed by atoms with Crippen LogP contribution in [0.2, 0.25) is 0 Å². The first-order valence-corrected chi connectivity index (χ1v) is 6.87. The number of unbranched alkanes of at least 4 members (excludes halogenated alkanes) is 1. The summed E-state index contributed by atoms with van der Waals surface area (Å²) in [5, 5.41) is 0. The summed E-state index contributed by atoms with van der Waals surface area (Å²) in [5.74, 6) is 0.377. The van der Waals surface area contributed by atoms with Crippen molar-refractivity contribution < 1.29 is 9.53 Å². The topological polar surface area (TPSA) is 26.3 Å². The van der Waals surface area contributed by atoms with Gasteiger partial charge in [-0.2, -0.15) is 0 Å². The lowest BCUT2D eigenvalue weighted by atomic mass is 9.92. The summed E-state index contributed by atoms with van der Waals surface area (Å²) >= 11 is 0. The van der Waals surface area contributed by atoms with Gasteiger partial charge >= 0.3 is 5.97 Å². The molecular weight excluding hydrogens is 224 g/mol. The van der Waals surface area contributed by atoms with Crippen molar-refractivity contribution in [3.8, 4) is 0 Å². The van der Waals surface area contributed by atoms with Crippen molar-refractivity contribution in [3.05, 3.63) is 35.9 Å². The van der Waals surface area contributed by atoms with Crippen LogP contribution in [0.4, 0.5) is 0 Å². The fourth-order valence-corrected chi connectivity index (χ4v) is 2.18. The van der Waals surface area contributed by atoms with Crippen LogP contribution in [-0.4, -0.2) is 13.1 Å². The molecule has 2 heteroatoms. The number of rotatable bonds is 8. The summed E-state index contributed by atoms with van der Waals surface area (Å²) in [7, 11) is 1.47. The van der Waals surface area contributed by atoms with Crippen molar-refractivity contribution in [3.63, 3.8) is 0 Å². The van der Waals surface area contributed by atoms with Crippen molar-refractivity contribution in [2.75, 3.05) is 7.11 Å². The third-order valence-corrected chi connectivity index (χ3v) is 3.33. The predicted octanol–water partition coefficient (Wildman–Crippen LogP) is 3.99. The third-order valence-electron chi connectivity index (χ3n) is 3.33. The zero-order valence-corrected chi connectivity index (χ0v) is 11.5.